The number of likely N-dealkylation sites (N-methyl/N-ethyl adjacent to an activating group) is 1. The molecule has 128 valence electrons. The summed E-state index contributed by atoms with van der Waals surface area (Å²) in [5.41, 5.74) is 0.470. The number of benzene rings is 1. The molecular formula is C16H12ClN3O5. The second-order valence-electron chi connectivity index (χ2n) is 5.16. The monoisotopic (exact) mass is 361 g/mol. The number of imide groups is 1. The minimum atomic E-state index is -0.540. The number of nitrogens with zero attached hydrogens (tertiary/aromatic N) is 2. The highest BCUT2D eigenvalue weighted by Crippen LogP contribution is 2.32. The van der Waals surface area contributed by atoms with Gasteiger partial charge in [0, 0.05) is 30.3 Å². The second-order valence-corrected chi connectivity index (χ2v) is 5.57. The van der Waals surface area contributed by atoms with E-state index in [0.717, 1.165) is 4.90 Å². The lowest BCUT2D eigenvalue weighted by atomic mass is 10.1. The molecule has 0 radical (unpaired) electrons. The molecule has 2 aromatic rings. The summed E-state index contributed by atoms with van der Waals surface area (Å²) < 4.78 is 5.61. The number of carbonyl (C=O) groups is 2. The molecule has 0 spiro atoms. The Bertz CT molecular complexity index is 918. The van der Waals surface area contributed by atoms with Crippen LogP contribution in [0.1, 0.15) is 12.7 Å². The normalized spacial score (nSPS) is 15.8. The molecule has 1 aliphatic rings. The van der Waals surface area contributed by atoms with E-state index >= 15 is 0 Å². The van der Waals surface area contributed by atoms with Crippen molar-refractivity contribution in [2.24, 2.45) is 0 Å². The third-order valence-corrected chi connectivity index (χ3v) is 3.93. The highest BCUT2D eigenvalue weighted by molar-refractivity contribution is 6.33. The molecule has 0 atom stereocenters. The van der Waals surface area contributed by atoms with Crippen molar-refractivity contribution in [3.63, 3.8) is 0 Å². The summed E-state index contributed by atoms with van der Waals surface area (Å²) in [6.45, 7) is 1.96. The summed E-state index contributed by atoms with van der Waals surface area (Å²) in [6, 6.07) is 6.78. The van der Waals surface area contributed by atoms with Gasteiger partial charge in [0.05, 0.1) is 9.95 Å². The van der Waals surface area contributed by atoms with Gasteiger partial charge in [0.2, 0.25) is 0 Å². The van der Waals surface area contributed by atoms with E-state index in [1.54, 1.807) is 19.1 Å². The van der Waals surface area contributed by atoms with Crippen molar-refractivity contribution in [2.45, 2.75) is 6.92 Å². The number of carbonyl (C=O) groups excluding carboxylic acids is 2. The number of non-ortho nitro benzene ring substituents is 1. The van der Waals surface area contributed by atoms with Crippen LogP contribution >= 0.6 is 11.6 Å². The van der Waals surface area contributed by atoms with E-state index in [0.29, 0.717) is 17.1 Å². The van der Waals surface area contributed by atoms with Gasteiger partial charge in [-0.05, 0) is 25.1 Å². The number of urea groups is 1. The fourth-order valence-corrected chi connectivity index (χ4v) is 2.66. The number of nitro groups is 1. The molecule has 25 heavy (non-hydrogen) atoms. The van der Waals surface area contributed by atoms with Crippen LogP contribution in [0.4, 0.5) is 10.5 Å². The molecule has 1 aromatic heterocycles. The van der Waals surface area contributed by atoms with Crippen LogP contribution in [0.2, 0.25) is 5.02 Å². The molecule has 1 fully saturated rings. The Labute approximate surface area is 146 Å². The molecule has 9 heteroatoms. The van der Waals surface area contributed by atoms with E-state index < -0.39 is 16.9 Å². The van der Waals surface area contributed by atoms with Gasteiger partial charge in [-0.25, -0.2) is 4.79 Å². The van der Waals surface area contributed by atoms with Crippen LogP contribution in [0, 0.1) is 10.1 Å². The largest absolute Gasteiger partial charge is 0.457 e. The van der Waals surface area contributed by atoms with Crippen molar-refractivity contribution in [3.8, 4) is 11.3 Å². The summed E-state index contributed by atoms with van der Waals surface area (Å²) in [7, 11) is 0. The Morgan fingerprint density at radius 1 is 1.32 bits per heavy atom. The first-order valence-corrected chi connectivity index (χ1v) is 7.67. The summed E-state index contributed by atoms with van der Waals surface area (Å²) in [5.74, 6) is 0.292. The van der Waals surface area contributed by atoms with Gasteiger partial charge < -0.3 is 9.73 Å². The molecule has 1 N–H and O–H groups in total. The standard InChI is InChI=1S/C16H12ClN3O5/c1-2-19-15(21)13(18-16(19)22)8-10-4-6-14(25-10)11-5-3-9(20(23)24)7-12(11)17/h3-8H,2H2,1H3,(H,18,22)/b13-8+. The molecule has 3 rings (SSSR count). The van der Waals surface area contributed by atoms with E-state index in [-0.39, 0.29) is 23.0 Å². The Morgan fingerprint density at radius 3 is 2.68 bits per heavy atom. The molecule has 1 aromatic carbocycles. The third kappa shape index (κ3) is 3.11. The first kappa shape index (κ1) is 16.7. The zero-order chi connectivity index (χ0) is 18.1. The van der Waals surface area contributed by atoms with Gasteiger partial charge in [0.15, 0.2) is 0 Å². The average Bonchev–Trinajstić information content (AvgIpc) is 3.12. The number of nitro benzene ring substituents is 1. The maximum absolute atomic E-state index is 12.0. The quantitative estimate of drug-likeness (QED) is 0.388. The number of nitrogens with one attached hydrogen (secondary N) is 1. The van der Waals surface area contributed by atoms with Gasteiger partial charge in [-0.3, -0.25) is 19.8 Å². The van der Waals surface area contributed by atoms with Crippen molar-refractivity contribution >= 4 is 35.3 Å². The summed E-state index contributed by atoms with van der Waals surface area (Å²) in [6.07, 6.45) is 1.42. The van der Waals surface area contributed by atoms with Crippen molar-refractivity contribution in [1.29, 1.82) is 0 Å². The van der Waals surface area contributed by atoms with Crippen molar-refractivity contribution in [1.82, 2.24) is 10.2 Å². The molecule has 8 nitrogen and oxygen atoms in total. The van der Waals surface area contributed by atoms with Gasteiger partial charge >= 0.3 is 6.03 Å². The molecule has 0 aliphatic carbocycles. The van der Waals surface area contributed by atoms with Crippen LogP contribution in [0.25, 0.3) is 17.4 Å². The number of hydrogen-bond acceptors (Lipinski definition) is 5. The molecule has 3 amide bonds. The predicted octanol–water partition coefficient (Wildman–Crippen LogP) is 3.42. The second kappa shape index (κ2) is 6.40. The third-order valence-electron chi connectivity index (χ3n) is 3.62. The zero-order valence-electron chi connectivity index (χ0n) is 13.0. The van der Waals surface area contributed by atoms with Gasteiger partial charge in [-0.2, -0.15) is 0 Å². The number of amides is 3. The number of rotatable bonds is 4. The number of furan rings is 1. The van der Waals surface area contributed by atoms with Crippen LogP contribution < -0.4 is 5.32 Å². The van der Waals surface area contributed by atoms with E-state index in [1.807, 2.05) is 0 Å². The fraction of sp³-hybridized carbons (Fsp3) is 0.125. The summed E-state index contributed by atoms with van der Waals surface area (Å²) in [5, 5.41) is 13.4. The lowest BCUT2D eigenvalue weighted by Gasteiger charge is -2.05. The minimum Gasteiger partial charge on any atom is -0.457 e. The van der Waals surface area contributed by atoms with Crippen molar-refractivity contribution in [2.75, 3.05) is 6.54 Å². The van der Waals surface area contributed by atoms with Gasteiger partial charge in [-0.1, -0.05) is 11.6 Å². The van der Waals surface area contributed by atoms with Gasteiger partial charge in [-0.15, -0.1) is 0 Å². The van der Waals surface area contributed by atoms with Crippen molar-refractivity contribution in [3.05, 3.63) is 56.9 Å². The van der Waals surface area contributed by atoms with E-state index in [4.69, 9.17) is 16.0 Å². The first-order chi connectivity index (χ1) is 11.9. The van der Waals surface area contributed by atoms with Crippen LogP contribution in [-0.2, 0) is 4.79 Å². The van der Waals surface area contributed by atoms with Crippen LogP contribution in [0.3, 0.4) is 0 Å². The Kier molecular flexibility index (Phi) is 4.28. The molecule has 0 unspecified atom stereocenters. The number of halogens is 1. The van der Waals surface area contributed by atoms with Crippen LogP contribution in [-0.4, -0.2) is 28.3 Å². The van der Waals surface area contributed by atoms with Gasteiger partial charge in [0.25, 0.3) is 11.6 Å². The maximum atomic E-state index is 12.0. The summed E-state index contributed by atoms with van der Waals surface area (Å²) >= 11 is 6.07. The lowest BCUT2D eigenvalue weighted by molar-refractivity contribution is -0.384. The van der Waals surface area contributed by atoms with Gasteiger partial charge in [0.1, 0.15) is 17.2 Å². The molecular weight excluding hydrogens is 350 g/mol. The van der Waals surface area contributed by atoms with Crippen LogP contribution in [0.15, 0.2) is 40.4 Å². The molecule has 2 heterocycles. The molecule has 1 saturated heterocycles. The SMILES string of the molecule is CCN1C(=O)N/C(=C/c2ccc(-c3ccc([N+](=O)[O-])cc3Cl)o2)C1=O. The average molecular weight is 362 g/mol. The molecule has 1 aliphatic heterocycles. The Balaban J connectivity index is 1.89. The topological polar surface area (TPSA) is 106 Å². The Morgan fingerprint density at radius 2 is 2.08 bits per heavy atom. The predicted molar refractivity (Wildman–Crippen MR) is 89.7 cm³/mol. The highest BCUT2D eigenvalue weighted by atomic mass is 35.5. The lowest BCUT2D eigenvalue weighted by Crippen LogP contribution is -2.30. The number of hydrogen-bond donors (Lipinski definition) is 1. The fourth-order valence-electron chi connectivity index (χ4n) is 2.39. The highest BCUT2D eigenvalue weighted by Gasteiger charge is 2.32. The smallest absolute Gasteiger partial charge is 0.328 e. The maximum Gasteiger partial charge on any atom is 0.328 e. The van der Waals surface area contributed by atoms with Crippen LogP contribution in [0.5, 0.6) is 0 Å². The van der Waals surface area contributed by atoms with E-state index in [1.165, 1.54) is 24.3 Å². The van der Waals surface area contributed by atoms with E-state index in [2.05, 4.69) is 5.32 Å². The zero-order valence-corrected chi connectivity index (χ0v) is 13.7. The first-order valence-electron chi connectivity index (χ1n) is 7.29. The Hall–Kier alpha value is -3.13. The molecule has 0 bridgehead atoms. The van der Waals surface area contributed by atoms with Crippen molar-refractivity contribution < 1.29 is 18.9 Å². The van der Waals surface area contributed by atoms with E-state index in [9.17, 15) is 19.7 Å². The molecule has 0 saturated carbocycles. The minimum absolute atomic E-state index is 0.113. The summed E-state index contributed by atoms with van der Waals surface area (Å²) in [4.78, 5) is 34.9.